The fourth-order valence-electron chi connectivity index (χ4n) is 2.31. The molecule has 0 aliphatic carbocycles. The standard InChI is InChI=1S/C15H18N4O2/c1-2-11-9-13(21-18-11)15(20)16-7-6-12-10-19-8-4-3-5-14(19)17-12/h3-5,8,10,13H,2,6-7,9H2,1H3,(H,16,20). The Kier molecular flexibility index (Phi) is 3.85. The van der Waals surface area contributed by atoms with Gasteiger partial charge in [0.25, 0.3) is 5.91 Å². The van der Waals surface area contributed by atoms with E-state index in [1.165, 1.54) is 0 Å². The highest BCUT2D eigenvalue weighted by atomic mass is 16.6. The predicted octanol–water partition coefficient (Wildman–Crippen LogP) is 1.55. The van der Waals surface area contributed by atoms with Crippen LogP contribution < -0.4 is 5.32 Å². The number of amides is 1. The molecule has 0 radical (unpaired) electrons. The van der Waals surface area contributed by atoms with Crippen LogP contribution >= 0.6 is 0 Å². The summed E-state index contributed by atoms with van der Waals surface area (Å²) in [5, 5.41) is 6.77. The maximum absolute atomic E-state index is 11.9. The van der Waals surface area contributed by atoms with E-state index in [2.05, 4.69) is 15.5 Å². The molecule has 1 aliphatic rings. The van der Waals surface area contributed by atoms with E-state index in [0.29, 0.717) is 19.4 Å². The van der Waals surface area contributed by atoms with Crippen molar-refractivity contribution in [2.24, 2.45) is 5.16 Å². The second-order valence-corrected chi connectivity index (χ2v) is 5.05. The number of carbonyl (C=O) groups excluding carboxylic acids is 1. The lowest BCUT2D eigenvalue weighted by Gasteiger charge is -2.08. The Morgan fingerprint density at radius 2 is 2.43 bits per heavy atom. The Hall–Kier alpha value is -2.37. The molecule has 3 rings (SSSR count). The molecule has 21 heavy (non-hydrogen) atoms. The van der Waals surface area contributed by atoms with Gasteiger partial charge in [0.2, 0.25) is 6.10 Å². The van der Waals surface area contributed by atoms with Crippen molar-refractivity contribution in [3.05, 3.63) is 36.3 Å². The Morgan fingerprint density at radius 1 is 1.52 bits per heavy atom. The lowest BCUT2D eigenvalue weighted by molar-refractivity contribution is -0.131. The highest BCUT2D eigenvalue weighted by Crippen LogP contribution is 2.12. The van der Waals surface area contributed by atoms with Crippen LogP contribution in [0, 0.1) is 0 Å². The fraction of sp³-hybridized carbons (Fsp3) is 0.400. The number of fused-ring (bicyclic) bond motifs is 1. The number of carbonyl (C=O) groups is 1. The normalized spacial score (nSPS) is 17.6. The first-order valence-electron chi connectivity index (χ1n) is 7.18. The monoisotopic (exact) mass is 286 g/mol. The van der Waals surface area contributed by atoms with Crippen LogP contribution in [-0.2, 0) is 16.1 Å². The molecule has 0 bridgehead atoms. The first kappa shape index (κ1) is 13.6. The molecule has 0 saturated heterocycles. The number of rotatable bonds is 5. The van der Waals surface area contributed by atoms with Crippen molar-refractivity contribution in [1.29, 1.82) is 0 Å². The molecule has 1 amide bonds. The van der Waals surface area contributed by atoms with Gasteiger partial charge < -0.3 is 14.6 Å². The Labute approximate surface area is 122 Å². The minimum Gasteiger partial charge on any atom is -0.382 e. The van der Waals surface area contributed by atoms with Crippen LogP contribution in [0.5, 0.6) is 0 Å². The quantitative estimate of drug-likeness (QED) is 0.906. The summed E-state index contributed by atoms with van der Waals surface area (Å²) in [7, 11) is 0. The van der Waals surface area contributed by atoms with Crippen LogP contribution in [0.2, 0.25) is 0 Å². The number of nitrogens with one attached hydrogen (secondary N) is 1. The van der Waals surface area contributed by atoms with Crippen molar-refractivity contribution in [3.8, 4) is 0 Å². The maximum Gasteiger partial charge on any atom is 0.264 e. The van der Waals surface area contributed by atoms with Crippen LogP contribution in [0.3, 0.4) is 0 Å². The summed E-state index contributed by atoms with van der Waals surface area (Å²) >= 11 is 0. The zero-order valence-electron chi connectivity index (χ0n) is 12.0. The largest absolute Gasteiger partial charge is 0.382 e. The van der Waals surface area contributed by atoms with E-state index in [1.807, 2.05) is 41.9 Å². The molecule has 0 aromatic carbocycles. The van der Waals surface area contributed by atoms with Gasteiger partial charge in [-0.3, -0.25) is 4.79 Å². The number of hydrogen-bond donors (Lipinski definition) is 1. The number of oxime groups is 1. The summed E-state index contributed by atoms with van der Waals surface area (Å²) in [5.74, 6) is -0.106. The van der Waals surface area contributed by atoms with Crippen LogP contribution in [0.1, 0.15) is 25.5 Å². The zero-order chi connectivity index (χ0) is 14.7. The average Bonchev–Trinajstić information content (AvgIpc) is 3.13. The topological polar surface area (TPSA) is 68.0 Å². The molecule has 2 aromatic heterocycles. The molecule has 3 heterocycles. The van der Waals surface area contributed by atoms with E-state index in [4.69, 9.17) is 4.84 Å². The molecule has 0 fully saturated rings. The first-order valence-corrected chi connectivity index (χ1v) is 7.18. The van der Waals surface area contributed by atoms with Gasteiger partial charge in [0, 0.05) is 31.8 Å². The van der Waals surface area contributed by atoms with Gasteiger partial charge in [-0.2, -0.15) is 0 Å². The van der Waals surface area contributed by atoms with Crippen molar-refractivity contribution < 1.29 is 9.63 Å². The van der Waals surface area contributed by atoms with Crippen LogP contribution in [0.15, 0.2) is 35.7 Å². The van der Waals surface area contributed by atoms with E-state index >= 15 is 0 Å². The Morgan fingerprint density at radius 3 is 3.19 bits per heavy atom. The van der Waals surface area contributed by atoms with Crippen molar-refractivity contribution in [3.63, 3.8) is 0 Å². The van der Waals surface area contributed by atoms with Crippen molar-refractivity contribution in [1.82, 2.24) is 14.7 Å². The maximum atomic E-state index is 11.9. The summed E-state index contributed by atoms with van der Waals surface area (Å²) in [6.07, 6.45) is 5.58. The molecule has 6 nitrogen and oxygen atoms in total. The van der Waals surface area contributed by atoms with Gasteiger partial charge in [-0.05, 0) is 18.6 Å². The molecule has 1 N–H and O–H groups in total. The smallest absolute Gasteiger partial charge is 0.264 e. The van der Waals surface area contributed by atoms with Gasteiger partial charge in [0.1, 0.15) is 5.65 Å². The lowest BCUT2D eigenvalue weighted by atomic mass is 10.1. The summed E-state index contributed by atoms with van der Waals surface area (Å²) in [6, 6.07) is 5.87. The third-order valence-corrected chi connectivity index (χ3v) is 3.52. The van der Waals surface area contributed by atoms with Gasteiger partial charge in [0.15, 0.2) is 0 Å². The van der Waals surface area contributed by atoms with Gasteiger partial charge in [-0.1, -0.05) is 18.1 Å². The Bertz CT molecular complexity index is 644. The van der Waals surface area contributed by atoms with E-state index in [9.17, 15) is 4.79 Å². The van der Waals surface area contributed by atoms with E-state index in [1.54, 1.807) is 0 Å². The number of aromatic nitrogens is 2. The number of nitrogens with zero attached hydrogens (tertiary/aromatic N) is 3. The predicted molar refractivity (Wildman–Crippen MR) is 79.1 cm³/mol. The molecule has 6 heteroatoms. The number of pyridine rings is 1. The second kappa shape index (κ2) is 5.95. The second-order valence-electron chi connectivity index (χ2n) is 5.05. The molecule has 0 saturated carbocycles. The first-order chi connectivity index (χ1) is 10.3. The number of imidazole rings is 1. The molecule has 1 aliphatic heterocycles. The summed E-state index contributed by atoms with van der Waals surface area (Å²) in [6.45, 7) is 2.55. The Balaban J connectivity index is 1.49. The minimum absolute atomic E-state index is 0.106. The summed E-state index contributed by atoms with van der Waals surface area (Å²) in [4.78, 5) is 21.5. The van der Waals surface area contributed by atoms with Crippen molar-refractivity contribution >= 4 is 17.3 Å². The average molecular weight is 286 g/mol. The molecular formula is C15H18N4O2. The zero-order valence-corrected chi connectivity index (χ0v) is 12.0. The van der Waals surface area contributed by atoms with Crippen LogP contribution in [0.25, 0.3) is 5.65 Å². The van der Waals surface area contributed by atoms with E-state index in [-0.39, 0.29) is 5.91 Å². The van der Waals surface area contributed by atoms with Gasteiger partial charge in [-0.25, -0.2) is 4.98 Å². The van der Waals surface area contributed by atoms with E-state index < -0.39 is 6.10 Å². The minimum atomic E-state index is -0.471. The third kappa shape index (κ3) is 3.04. The fourth-order valence-corrected chi connectivity index (χ4v) is 2.31. The lowest BCUT2D eigenvalue weighted by Crippen LogP contribution is -2.35. The van der Waals surface area contributed by atoms with Gasteiger partial charge in [-0.15, -0.1) is 0 Å². The SMILES string of the molecule is CCC1=NOC(C(=O)NCCc2cn3ccccc3n2)C1. The van der Waals surface area contributed by atoms with Crippen molar-refractivity contribution in [2.75, 3.05) is 6.54 Å². The molecule has 2 aromatic rings. The molecule has 0 spiro atoms. The van der Waals surface area contributed by atoms with Crippen LogP contribution in [-0.4, -0.2) is 33.7 Å². The third-order valence-electron chi connectivity index (χ3n) is 3.52. The van der Waals surface area contributed by atoms with Crippen LogP contribution in [0.4, 0.5) is 0 Å². The van der Waals surface area contributed by atoms with E-state index in [0.717, 1.165) is 23.5 Å². The highest BCUT2D eigenvalue weighted by Gasteiger charge is 2.26. The molecule has 1 unspecified atom stereocenters. The molecular weight excluding hydrogens is 268 g/mol. The summed E-state index contributed by atoms with van der Waals surface area (Å²) < 4.78 is 1.97. The molecule has 110 valence electrons. The van der Waals surface area contributed by atoms with Gasteiger partial charge in [0.05, 0.1) is 11.4 Å². The number of hydrogen-bond acceptors (Lipinski definition) is 4. The molecule has 1 atom stereocenters. The van der Waals surface area contributed by atoms with Gasteiger partial charge >= 0.3 is 0 Å². The summed E-state index contributed by atoms with van der Waals surface area (Å²) in [5.41, 5.74) is 2.81. The highest BCUT2D eigenvalue weighted by molar-refractivity contribution is 5.92. The van der Waals surface area contributed by atoms with Crippen molar-refractivity contribution in [2.45, 2.75) is 32.3 Å².